The summed E-state index contributed by atoms with van der Waals surface area (Å²) in [5.41, 5.74) is 0. The van der Waals surface area contributed by atoms with Crippen molar-refractivity contribution in [3.8, 4) is 0 Å². The number of sulfone groups is 1. The average Bonchev–Trinajstić information content (AvgIpc) is 2.61. The monoisotopic (exact) mass is 263 g/mol. The Labute approximate surface area is 100 Å². The van der Waals surface area contributed by atoms with Crippen LogP contribution in [0.4, 0.5) is 0 Å². The van der Waals surface area contributed by atoms with E-state index in [1.165, 1.54) is 0 Å². The second kappa shape index (κ2) is 4.91. The second-order valence-corrected chi connectivity index (χ2v) is 6.90. The number of morpholine rings is 1. The molecule has 2 heterocycles. The first kappa shape index (κ1) is 12.8. The van der Waals surface area contributed by atoms with Crippen LogP contribution >= 0.6 is 0 Å². The predicted octanol–water partition coefficient (Wildman–Crippen LogP) is -1.36. The third-order valence-corrected chi connectivity index (χ3v) is 5.13. The van der Waals surface area contributed by atoms with Crippen molar-refractivity contribution in [1.29, 1.82) is 0 Å². The first-order valence-corrected chi connectivity index (χ1v) is 7.52. The van der Waals surface area contributed by atoms with Crippen LogP contribution in [-0.2, 0) is 19.4 Å². The Hall–Kier alpha value is -0.660. The number of aliphatic hydroxyl groups excluding tert-OH is 1. The molecule has 0 aromatic heterocycles. The lowest BCUT2D eigenvalue weighted by atomic mass is 10.1. The summed E-state index contributed by atoms with van der Waals surface area (Å²) in [7, 11) is -2.92. The van der Waals surface area contributed by atoms with Crippen molar-refractivity contribution in [3.05, 3.63) is 0 Å². The van der Waals surface area contributed by atoms with Gasteiger partial charge in [0.05, 0.1) is 30.8 Å². The normalized spacial score (nSPS) is 33.0. The van der Waals surface area contributed by atoms with Crippen molar-refractivity contribution in [1.82, 2.24) is 4.90 Å². The summed E-state index contributed by atoms with van der Waals surface area (Å²) in [6.07, 6.45) is 0.602. The molecule has 17 heavy (non-hydrogen) atoms. The van der Waals surface area contributed by atoms with Crippen LogP contribution in [0.25, 0.3) is 0 Å². The molecular weight excluding hydrogens is 246 g/mol. The quantitative estimate of drug-likeness (QED) is 0.680. The number of hydrogen-bond acceptors (Lipinski definition) is 5. The average molecular weight is 263 g/mol. The van der Waals surface area contributed by atoms with E-state index in [-0.39, 0.29) is 42.6 Å². The van der Waals surface area contributed by atoms with Crippen LogP contribution < -0.4 is 0 Å². The smallest absolute Gasteiger partial charge is 0.248 e. The van der Waals surface area contributed by atoms with Gasteiger partial charge < -0.3 is 14.7 Å². The molecule has 0 aromatic carbocycles. The maximum absolute atomic E-state index is 11.7. The Kier molecular flexibility index (Phi) is 3.70. The van der Waals surface area contributed by atoms with Crippen LogP contribution in [0.15, 0.2) is 0 Å². The summed E-state index contributed by atoms with van der Waals surface area (Å²) in [5, 5.41) is 9.16. The van der Waals surface area contributed by atoms with Gasteiger partial charge in [0.2, 0.25) is 5.91 Å². The fourth-order valence-corrected chi connectivity index (χ4v) is 4.20. The highest BCUT2D eigenvalue weighted by atomic mass is 32.2. The van der Waals surface area contributed by atoms with Gasteiger partial charge in [-0.3, -0.25) is 4.79 Å². The third-order valence-electron chi connectivity index (χ3n) is 3.29. The summed E-state index contributed by atoms with van der Waals surface area (Å²) in [6.45, 7) is 0.607. The number of nitrogens with zero attached hydrogens (tertiary/aromatic N) is 1. The summed E-state index contributed by atoms with van der Waals surface area (Å²) in [5.74, 6) is 0.186. The molecule has 98 valence electrons. The molecule has 2 saturated heterocycles. The molecule has 6 nitrogen and oxygen atoms in total. The molecule has 0 bridgehead atoms. The Morgan fingerprint density at radius 3 is 2.82 bits per heavy atom. The van der Waals surface area contributed by atoms with Gasteiger partial charge in [-0.05, 0) is 12.3 Å². The molecule has 2 fully saturated rings. The van der Waals surface area contributed by atoms with E-state index in [9.17, 15) is 13.2 Å². The van der Waals surface area contributed by atoms with Crippen molar-refractivity contribution in [2.45, 2.75) is 12.5 Å². The molecule has 2 aliphatic heterocycles. The fourth-order valence-electron chi connectivity index (χ4n) is 2.36. The number of hydrogen-bond donors (Lipinski definition) is 1. The van der Waals surface area contributed by atoms with Crippen LogP contribution in [-0.4, -0.2) is 68.2 Å². The topological polar surface area (TPSA) is 83.9 Å². The molecular formula is C10H17NO5S. The molecule has 1 amide bonds. The maximum atomic E-state index is 11.7. The van der Waals surface area contributed by atoms with E-state index >= 15 is 0 Å². The maximum Gasteiger partial charge on any atom is 0.248 e. The minimum atomic E-state index is -2.92. The molecule has 2 aliphatic rings. The summed E-state index contributed by atoms with van der Waals surface area (Å²) in [6, 6.07) is -0.334. The van der Waals surface area contributed by atoms with Gasteiger partial charge in [-0.25, -0.2) is 8.42 Å². The molecule has 2 unspecified atom stereocenters. The van der Waals surface area contributed by atoms with E-state index in [2.05, 4.69) is 0 Å². The highest BCUT2D eigenvalue weighted by molar-refractivity contribution is 7.91. The number of carbonyl (C=O) groups is 1. The number of rotatable bonds is 3. The van der Waals surface area contributed by atoms with Crippen molar-refractivity contribution < 1.29 is 23.1 Å². The lowest BCUT2D eigenvalue weighted by Gasteiger charge is -2.35. The lowest BCUT2D eigenvalue weighted by Crippen LogP contribution is -2.52. The van der Waals surface area contributed by atoms with E-state index in [1.54, 1.807) is 4.90 Å². The summed E-state index contributed by atoms with van der Waals surface area (Å²) >= 11 is 0. The van der Waals surface area contributed by atoms with Crippen LogP contribution in [0.5, 0.6) is 0 Å². The standard InChI is InChI=1S/C10H17NO5S/c12-4-9-5-16-6-10(13)11(9)3-8-1-2-17(14,15)7-8/h8-9,12H,1-7H2. The van der Waals surface area contributed by atoms with E-state index in [4.69, 9.17) is 9.84 Å². The van der Waals surface area contributed by atoms with Crippen LogP contribution in [0, 0.1) is 5.92 Å². The van der Waals surface area contributed by atoms with Crippen molar-refractivity contribution in [3.63, 3.8) is 0 Å². The molecule has 0 saturated carbocycles. The zero-order chi connectivity index (χ0) is 12.5. The number of carbonyl (C=O) groups excluding carboxylic acids is 1. The zero-order valence-corrected chi connectivity index (χ0v) is 10.4. The summed E-state index contributed by atoms with van der Waals surface area (Å²) in [4.78, 5) is 13.2. The van der Waals surface area contributed by atoms with E-state index in [0.717, 1.165) is 0 Å². The Morgan fingerprint density at radius 1 is 1.47 bits per heavy atom. The minimum absolute atomic E-state index is 0.00361. The van der Waals surface area contributed by atoms with Crippen molar-refractivity contribution >= 4 is 15.7 Å². The fraction of sp³-hybridized carbons (Fsp3) is 0.900. The Balaban J connectivity index is 1.98. The minimum Gasteiger partial charge on any atom is -0.394 e. The van der Waals surface area contributed by atoms with Gasteiger partial charge in [0.25, 0.3) is 0 Å². The van der Waals surface area contributed by atoms with E-state index < -0.39 is 9.84 Å². The molecule has 2 atom stereocenters. The van der Waals surface area contributed by atoms with Crippen molar-refractivity contribution in [2.75, 3.05) is 37.9 Å². The van der Waals surface area contributed by atoms with Gasteiger partial charge in [0.1, 0.15) is 6.61 Å². The van der Waals surface area contributed by atoms with Gasteiger partial charge in [-0.1, -0.05) is 0 Å². The third kappa shape index (κ3) is 2.97. The van der Waals surface area contributed by atoms with Gasteiger partial charge >= 0.3 is 0 Å². The first-order chi connectivity index (χ1) is 8.02. The molecule has 0 aliphatic carbocycles. The highest BCUT2D eigenvalue weighted by Gasteiger charge is 2.34. The van der Waals surface area contributed by atoms with Gasteiger partial charge in [-0.2, -0.15) is 0 Å². The number of aliphatic hydroxyl groups is 1. The van der Waals surface area contributed by atoms with Crippen molar-refractivity contribution in [2.24, 2.45) is 5.92 Å². The second-order valence-electron chi connectivity index (χ2n) is 4.67. The lowest BCUT2D eigenvalue weighted by molar-refractivity contribution is -0.150. The van der Waals surface area contributed by atoms with E-state index in [1.807, 2.05) is 0 Å². The van der Waals surface area contributed by atoms with Crippen LogP contribution in [0.2, 0.25) is 0 Å². The first-order valence-electron chi connectivity index (χ1n) is 5.70. The largest absolute Gasteiger partial charge is 0.394 e. The molecule has 1 N–H and O–H groups in total. The Bertz CT molecular complexity index is 394. The highest BCUT2D eigenvalue weighted by Crippen LogP contribution is 2.21. The molecule has 7 heteroatoms. The van der Waals surface area contributed by atoms with Crippen LogP contribution in [0.3, 0.4) is 0 Å². The SMILES string of the molecule is O=C1COCC(CO)N1CC1CCS(=O)(=O)C1. The molecule has 0 spiro atoms. The molecule has 2 rings (SSSR count). The number of amides is 1. The van der Waals surface area contributed by atoms with Gasteiger partial charge in [0, 0.05) is 6.54 Å². The van der Waals surface area contributed by atoms with E-state index in [0.29, 0.717) is 19.6 Å². The predicted molar refractivity (Wildman–Crippen MR) is 60.2 cm³/mol. The van der Waals surface area contributed by atoms with Crippen LogP contribution in [0.1, 0.15) is 6.42 Å². The summed E-state index contributed by atoms with van der Waals surface area (Å²) < 4.78 is 27.7. The van der Waals surface area contributed by atoms with Gasteiger partial charge in [-0.15, -0.1) is 0 Å². The Morgan fingerprint density at radius 2 is 2.24 bits per heavy atom. The number of ether oxygens (including phenoxy) is 1. The molecule has 0 aromatic rings. The zero-order valence-electron chi connectivity index (χ0n) is 9.54. The van der Waals surface area contributed by atoms with Gasteiger partial charge in [0.15, 0.2) is 9.84 Å². The molecule has 0 radical (unpaired) electrons.